The summed E-state index contributed by atoms with van der Waals surface area (Å²) < 4.78 is 175. The predicted octanol–water partition coefficient (Wildman–Crippen LogP) is 14.3. The van der Waals surface area contributed by atoms with E-state index in [0.29, 0.717) is 11.8 Å². The largest absolute Gasteiger partial charge is 0.468 e. The van der Waals surface area contributed by atoms with E-state index in [9.17, 15) is 81.0 Å². The summed E-state index contributed by atoms with van der Waals surface area (Å²) in [5, 5.41) is 16.3. The van der Waals surface area contributed by atoms with Crippen molar-refractivity contribution in [3.63, 3.8) is 0 Å². The summed E-state index contributed by atoms with van der Waals surface area (Å²) >= 11 is 10.5. The van der Waals surface area contributed by atoms with Crippen molar-refractivity contribution in [3.8, 4) is 0 Å². The molecule has 6 aromatic rings. The van der Waals surface area contributed by atoms with Gasteiger partial charge in [-0.05, 0) is 117 Å². The van der Waals surface area contributed by atoms with Crippen LogP contribution in [0.3, 0.4) is 0 Å². The number of nitrogens with zero attached hydrogens (tertiary/aromatic N) is 3. The molecule has 474 valence electrons. The van der Waals surface area contributed by atoms with Crippen LogP contribution in [0.15, 0.2) is 109 Å². The van der Waals surface area contributed by atoms with Crippen LogP contribution < -0.4 is 48.7 Å². The smallest absolute Gasteiger partial charge is 0.407 e. The second kappa shape index (κ2) is 34.7. The maximum atomic E-state index is 13.9. The summed E-state index contributed by atoms with van der Waals surface area (Å²) in [7, 11) is 4.45. The van der Waals surface area contributed by atoms with Gasteiger partial charge in [-0.25, -0.2) is 32.5 Å². The van der Waals surface area contributed by atoms with Gasteiger partial charge in [-0.2, -0.15) is 39.5 Å². The Kier molecular flexibility index (Phi) is 29.1. The Morgan fingerprint density at radius 1 is 0.517 bits per heavy atom. The van der Waals surface area contributed by atoms with E-state index in [4.69, 9.17) is 56.4 Å². The van der Waals surface area contributed by atoms with Crippen molar-refractivity contribution >= 4 is 110 Å². The molecule has 6 aromatic carbocycles. The molecule has 5 amide bonds. The highest BCUT2D eigenvalue weighted by atomic mass is 35.5. The molecule has 89 heavy (non-hydrogen) atoms. The third-order valence-electron chi connectivity index (χ3n) is 10.3. The molecular weight excluding hydrogens is 1250 g/mol. The molecule has 0 saturated heterocycles. The van der Waals surface area contributed by atoms with Gasteiger partial charge >= 0.3 is 30.5 Å². The Bertz CT molecular complexity index is 3510. The molecular formula is C56H50ClF13N12O6S. The van der Waals surface area contributed by atoms with E-state index in [1.54, 1.807) is 13.8 Å². The Labute approximate surface area is 511 Å². The number of nitrogen functional groups attached to an aromatic ring is 2. The molecule has 0 aliphatic rings. The lowest BCUT2D eigenvalue weighted by Crippen LogP contribution is -2.25. The van der Waals surface area contributed by atoms with Gasteiger partial charge in [-0.1, -0.05) is 18.2 Å². The van der Waals surface area contributed by atoms with E-state index in [1.165, 1.54) is 70.7 Å². The summed E-state index contributed by atoms with van der Waals surface area (Å²) in [6.07, 6.45) is -14.0. The number of thiocarbonyl (C=S) groups is 1. The normalized spacial score (nSPS) is 10.6. The molecule has 6 rings (SSSR count). The third kappa shape index (κ3) is 24.9. The number of ether oxygens (including phenoxy) is 1. The highest BCUT2D eigenvalue weighted by Gasteiger charge is 2.36. The number of alkyl halides is 11. The number of halogens is 14. The maximum Gasteiger partial charge on any atom is 0.407 e. The molecule has 0 saturated carbocycles. The number of hydrogen-bond acceptors (Lipinski definition) is 9. The summed E-state index contributed by atoms with van der Waals surface area (Å²) in [6.45, 7) is 23.3. The lowest BCUT2D eigenvalue weighted by molar-refractivity contribution is -0.143. The minimum Gasteiger partial charge on any atom is -0.468 e. The van der Waals surface area contributed by atoms with Crippen LogP contribution in [0.1, 0.15) is 63.0 Å². The van der Waals surface area contributed by atoms with Crippen LogP contribution in [0, 0.1) is 37.2 Å². The van der Waals surface area contributed by atoms with Crippen molar-refractivity contribution in [3.05, 3.63) is 194 Å². The summed E-state index contributed by atoms with van der Waals surface area (Å²) in [5.74, 6) is -4.38. The van der Waals surface area contributed by atoms with Gasteiger partial charge in [-0.15, -0.1) is 11.6 Å². The fraction of sp³-hybridized carbons (Fsp3) is 0.196. The van der Waals surface area contributed by atoms with Crippen molar-refractivity contribution in [1.82, 2.24) is 16.0 Å². The fourth-order valence-corrected chi connectivity index (χ4v) is 6.57. The highest BCUT2D eigenvalue weighted by molar-refractivity contribution is 7.80. The van der Waals surface area contributed by atoms with E-state index in [0.717, 1.165) is 60.7 Å². The number of urea groups is 1. The van der Waals surface area contributed by atoms with Gasteiger partial charge in [0.1, 0.15) is 22.3 Å². The zero-order valence-electron chi connectivity index (χ0n) is 47.7. The first-order valence-corrected chi connectivity index (χ1v) is 24.7. The number of nitrogens with two attached hydrogens (primary N) is 2. The zero-order chi connectivity index (χ0) is 69.1. The lowest BCUT2D eigenvalue weighted by atomic mass is 10.1. The highest BCUT2D eigenvalue weighted by Crippen LogP contribution is 2.40. The molecule has 0 spiro atoms. The number of anilines is 6. The second-order valence-electron chi connectivity index (χ2n) is 17.1. The number of hydrogen-bond donors (Lipinski definition) is 9. The topological polar surface area (TPSA) is 244 Å². The Balaban J connectivity index is 0.000000594. The first-order valence-electron chi connectivity index (χ1n) is 24.6. The Morgan fingerprint density at radius 2 is 0.798 bits per heavy atom. The number of carbonyl (C=O) groups excluding carboxylic acids is 5. The number of nitrogens with one attached hydrogen (secondary N) is 7. The van der Waals surface area contributed by atoms with Crippen LogP contribution in [-0.2, 0) is 28.1 Å². The molecule has 0 aliphatic heterocycles. The molecule has 33 heteroatoms. The molecule has 0 radical (unpaired) electrons. The number of carbonyl (C=O) groups is 5. The van der Waals surface area contributed by atoms with Gasteiger partial charge < -0.3 is 53.4 Å². The van der Waals surface area contributed by atoms with E-state index < -0.39 is 111 Å². The molecule has 18 nitrogen and oxygen atoms in total. The monoisotopic (exact) mass is 1300 g/mol. The molecule has 0 aromatic heterocycles. The van der Waals surface area contributed by atoms with Gasteiger partial charge in [0.05, 0.1) is 68.7 Å². The molecule has 0 bridgehead atoms. The van der Waals surface area contributed by atoms with Gasteiger partial charge in [0.2, 0.25) is 0 Å². The average molecular weight is 1300 g/mol. The van der Waals surface area contributed by atoms with Crippen molar-refractivity contribution in [1.29, 1.82) is 0 Å². The third-order valence-corrected chi connectivity index (χ3v) is 10.7. The van der Waals surface area contributed by atoms with E-state index >= 15 is 0 Å². The number of benzene rings is 6. The predicted molar refractivity (Wildman–Crippen MR) is 313 cm³/mol. The van der Waals surface area contributed by atoms with E-state index in [1.807, 2.05) is 0 Å². The van der Waals surface area contributed by atoms with Crippen LogP contribution >= 0.6 is 23.8 Å². The van der Waals surface area contributed by atoms with E-state index in [-0.39, 0.29) is 50.2 Å². The van der Waals surface area contributed by atoms with Crippen molar-refractivity contribution in [2.45, 2.75) is 37.3 Å². The number of amides is 5. The quantitative estimate of drug-likeness (QED) is 0.0173. The van der Waals surface area contributed by atoms with Crippen molar-refractivity contribution < 1.29 is 87.2 Å². The maximum absolute atomic E-state index is 13.9. The summed E-state index contributed by atoms with van der Waals surface area (Å²) in [4.78, 5) is 63.7. The lowest BCUT2D eigenvalue weighted by Gasteiger charge is -2.14. The van der Waals surface area contributed by atoms with Gasteiger partial charge in [-0.3, -0.25) is 23.6 Å². The number of methoxy groups -OCH3 is 1. The second-order valence-corrected chi connectivity index (χ2v) is 18.4. The van der Waals surface area contributed by atoms with Gasteiger partial charge in [0.15, 0.2) is 22.2 Å². The van der Waals surface area contributed by atoms with Crippen LogP contribution in [-0.4, -0.2) is 75.1 Å². The Morgan fingerprint density at radius 3 is 1.10 bits per heavy atom. The first-order chi connectivity index (χ1) is 41.8. The average Bonchev–Trinajstić information content (AvgIpc) is 0.977. The molecule has 0 aliphatic carbocycles. The van der Waals surface area contributed by atoms with Gasteiger partial charge in [0, 0.05) is 55.3 Å². The first kappa shape index (κ1) is 74.7. The summed E-state index contributed by atoms with van der Waals surface area (Å²) in [6, 6.07) is 18.8. The Hall–Kier alpha value is -10.4. The van der Waals surface area contributed by atoms with Gasteiger partial charge in [0.25, 0.3) is 17.7 Å². The van der Waals surface area contributed by atoms with Crippen LogP contribution in [0.4, 0.5) is 113 Å². The van der Waals surface area contributed by atoms with Crippen LogP contribution in [0.5, 0.6) is 0 Å². The molecule has 11 N–H and O–H groups in total. The minimum absolute atomic E-state index is 0.000255. The van der Waals surface area contributed by atoms with Crippen LogP contribution in [0.2, 0.25) is 0 Å². The standard InChI is InChI=1S/C17H12F4N4O2.C17H12F4N4OS.C8H5F3N2.C8H9FN2O.C5H9ClO2.CH3F/c2*1-22-14-6-4-9(7-12(14)17(19,20)21)24-16(27)25-10-3-5-11(13(18)8-10)15(26)23-2;1-13-7-3-2-5(12)4-6(7)8(9,10)11;1-11-8(12)6-3-2-5(10)4-7(6)9;1-5(2,6)4(7)8-3;1-2/h2*3-8H,2H3,(H,23,26)(H2,24,25,27);2-4H,12H2;2-4H,10H2,1H3,(H,11,12);1-3H3;1H3/i;;;;;1D. The number of esters is 1. The van der Waals surface area contributed by atoms with Crippen molar-refractivity contribution in [2.24, 2.45) is 0 Å². The minimum atomic E-state index is -4.76. The number of rotatable bonds is 8. The molecule has 0 heterocycles. The molecule has 0 fully saturated rings. The molecule has 0 atom stereocenters. The fourth-order valence-electron chi connectivity index (χ4n) is 6.26. The zero-order valence-corrected chi connectivity index (χ0v) is 48.3. The van der Waals surface area contributed by atoms with Crippen molar-refractivity contribution in [2.75, 3.05) is 68.1 Å². The SMILES string of the molecule is CNC(=O)c1ccc(N)cc1F.COC(=O)C(C)(C)Cl.[2H]CF.[C-]#[N+]c1ccc(N)cc1C(F)(F)F.[C-]#[N+]c1ccc(NC(=O)Nc2ccc(C(=O)NC)c(F)c2)cc1C(F)(F)F.[C-]#[N+]c1ccc(NC(=S)Nc2ccc(C(=O)NC)c(F)c2)cc1C(F)(F)F. The summed E-state index contributed by atoms with van der Waals surface area (Å²) in [5.41, 5.74) is 5.58. The van der Waals surface area contributed by atoms with Crippen LogP contribution in [0.25, 0.3) is 14.5 Å². The van der Waals surface area contributed by atoms with E-state index in [2.05, 4.69) is 56.5 Å². The molecule has 0 unspecified atom stereocenters.